The first kappa shape index (κ1) is 20.0. The highest BCUT2D eigenvalue weighted by Crippen LogP contribution is 2.68. The Morgan fingerprint density at radius 2 is 1.59 bits per heavy atom. The van der Waals surface area contributed by atoms with Crippen molar-refractivity contribution in [3.8, 4) is 0 Å². The molecule has 0 radical (unpaired) electrons. The molecule has 27 heavy (non-hydrogen) atoms. The Morgan fingerprint density at radius 1 is 0.926 bits per heavy atom. The smallest absolute Gasteiger partial charge is 0.393 e. The maximum absolute atomic E-state index is 12.9. The molecule has 0 aromatic heterocycles. The summed E-state index contributed by atoms with van der Waals surface area (Å²) < 4.78 is 38.8. The molecule has 4 aliphatic carbocycles. The van der Waals surface area contributed by atoms with E-state index in [4.69, 9.17) is 0 Å². The van der Waals surface area contributed by atoms with Gasteiger partial charge in [-0.25, -0.2) is 0 Å². The van der Waals surface area contributed by atoms with Crippen LogP contribution in [0, 0.1) is 40.4 Å². The van der Waals surface area contributed by atoms with Gasteiger partial charge in [-0.3, -0.25) is 0 Å². The lowest BCUT2D eigenvalue weighted by Gasteiger charge is -2.61. The van der Waals surface area contributed by atoms with Crippen molar-refractivity contribution in [3.63, 3.8) is 0 Å². The molecule has 4 rings (SSSR count). The normalized spacial score (nSPS) is 51.2. The Bertz CT molecular complexity index is 564. The van der Waals surface area contributed by atoms with Crippen LogP contribution in [0.5, 0.6) is 0 Å². The number of aliphatic hydroxyl groups is 2. The van der Waals surface area contributed by atoms with Crippen LogP contribution in [-0.4, -0.2) is 28.6 Å². The van der Waals surface area contributed by atoms with E-state index in [1.807, 2.05) is 0 Å². The molecule has 0 spiro atoms. The summed E-state index contributed by atoms with van der Waals surface area (Å²) in [6, 6.07) is 0. The Morgan fingerprint density at radius 3 is 2.30 bits per heavy atom. The molecule has 0 saturated heterocycles. The molecule has 9 atom stereocenters. The van der Waals surface area contributed by atoms with Crippen LogP contribution in [-0.2, 0) is 0 Å². The van der Waals surface area contributed by atoms with E-state index >= 15 is 0 Å². The molecule has 0 aromatic rings. The summed E-state index contributed by atoms with van der Waals surface area (Å²) in [6.45, 7) is 4.65. The van der Waals surface area contributed by atoms with Gasteiger partial charge < -0.3 is 10.2 Å². The van der Waals surface area contributed by atoms with Gasteiger partial charge in [-0.05, 0) is 105 Å². The van der Waals surface area contributed by atoms with Gasteiger partial charge in [0.05, 0.1) is 6.10 Å². The zero-order valence-electron chi connectivity index (χ0n) is 16.6. The molecular weight excluding hydrogens is 353 g/mol. The zero-order valence-corrected chi connectivity index (χ0v) is 16.6. The quantitative estimate of drug-likeness (QED) is 0.672. The second kappa shape index (κ2) is 6.62. The molecule has 0 amide bonds. The summed E-state index contributed by atoms with van der Waals surface area (Å²) in [5.74, 6) is 2.38. The van der Waals surface area contributed by atoms with Gasteiger partial charge in [-0.2, -0.15) is 13.2 Å². The minimum atomic E-state index is -4.50. The first-order chi connectivity index (χ1) is 12.6. The Hall–Kier alpha value is -0.290. The predicted octanol–water partition coefficient (Wildman–Crippen LogP) is 5.32. The van der Waals surface area contributed by atoms with Crippen molar-refractivity contribution >= 4 is 0 Å². The summed E-state index contributed by atoms with van der Waals surface area (Å²) in [4.78, 5) is 0. The average molecular weight is 389 g/mol. The van der Waals surface area contributed by atoms with E-state index in [0.717, 1.165) is 51.4 Å². The molecule has 0 bridgehead atoms. The molecule has 5 heteroatoms. The van der Waals surface area contributed by atoms with E-state index in [-0.39, 0.29) is 23.9 Å². The van der Waals surface area contributed by atoms with Crippen LogP contribution >= 0.6 is 0 Å². The van der Waals surface area contributed by atoms with Crippen molar-refractivity contribution in [2.24, 2.45) is 40.4 Å². The van der Waals surface area contributed by atoms with Gasteiger partial charge in [-0.1, -0.05) is 13.8 Å². The fourth-order valence-electron chi connectivity index (χ4n) is 8.13. The summed E-state index contributed by atoms with van der Waals surface area (Å²) in [5.41, 5.74) is 0.248. The lowest BCUT2D eigenvalue weighted by molar-refractivity contribution is -0.212. The highest BCUT2D eigenvalue weighted by atomic mass is 19.4. The molecular formula is C22H35F3O2. The third kappa shape index (κ3) is 3.15. The lowest BCUT2D eigenvalue weighted by atomic mass is 9.44. The van der Waals surface area contributed by atoms with Gasteiger partial charge in [0.15, 0.2) is 0 Å². The van der Waals surface area contributed by atoms with E-state index in [0.29, 0.717) is 29.1 Å². The summed E-state index contributed by atoms with van der Waals surface area (Å²) in [7, 11) is 0. The maximum atomic E-state index is 12.9. The van der Waals surface area contributed by atoms with Crippen molar-refractivity contribution in [1.82, 2.24) is 0 Å². The number of hydrogen-bond acceptors (Lipinski definition) is 2. The van der Waals surface area contributed by atoms with E-state index in [1.54, 1.807) is 0 Å². The van der Waals surface area contributed by atoms with Crippen molar-refractivity contribution in [2.75, 3.05) is 0 Å². The van der Waals surface area contributed by atoms with Crippen LogP contribution in [0.3, 0.4) is 0 Å². The van der Waals surface area contributed by atoms with Crippen LogP contribution in [0.15, 0.2) is 0 Å². The molecule has 4 aliphatic rings. The van der Waals surface area contributed by atoms with Crippen molar-refractivity contribution in [2.45, 2.75) is 96.4 Å². The summed E-state index contributed by atoms with van der Waals surface area (Å²) in [6.07, 6.45) is 2.28. The van der Waals surface area contributed by atoms with Crippen LogP contribution < -0.4 is 0 Å². The van der Waals surface area contributed by atoms with Gasteiger partial charge >= 0.3 is 6.18 Å². The van der Waals surface area contributed by atoms with Crippen LogP contribution in [0.4, 0.5) is 13.2 Å². The van der Waals surface area contributed by atoms with Gasteiger partial charge in [0.1, 0.15) is 6.10 Å². The Labute approximate surface area is 160 Å². The van der Waals surface area contributed by atoms with Gasteiger partial charge in [0.2, 0.25) is 0 Å². The van der Waals surface area contributed by atoms with E-state index in [9.17, 15) is 23.4 Å². The molecule has 0 aromatic carbocycles. The molecule has 4 fully saturated rings. The Balaban J connectivity index is 1.52. The largest absolute Gasteiger partial charge is 0.414 e. The molecule has 2 nitrogen and oxygen atoms in total. The monoisotopic (exact) mass is 388 g/mol. The highest BCUT2D eigenvalue weighted by Gasteiger charge is 2.60. The second-order valence-electron chi connectivity index (χ2n) is 10.7. The third-order valence-corrected chi connectivity index (χ3v) is 9.72. The third-order valence-electron chi connectivity index (χ3n) is 9.72. The van der Waals surface area contributed by atoms with E-state index in [1.165, 1.54) is 6.42 Å². The fourth-order valence-corrected chi connectivity index (χ4v) is 8.13. The summed E-state index contributed by atoms with van der Waals surface area (Å²) in [5, 5.41) is 19.8. The van der Waals surface area contributed by atoms with Gasteiger partial charge in [-0.15, -0.1) is 0 Å². The maximum Gasteiger partial charge on any atom is 0.414 e. The minimum Gasteiger partial charge on any atom is -0.393 e. The van der Waals surface area contributed by atoms with Crippen molar-refractivity contribution in [3.05, 3.63) is 0 Å². The molecule has 156 valence electrons. The minimum absolute atomic E-state index is 0.0150. The van der Waals surface area contributed by atoms with Crippen LogP contribution in [0.1, 0.15) is 78.1 Å². The van der Waals surface area contributed by atoms with Gasteiger partial charge in [0.25, 0.3) is 0 Å². The Kier molecular flexibility index (Phi) is 4.90. The zero-order chi connectivity index (χ0) is 19.6. The number of rotatable bonds is 2. The van der Waals surface area contributed by atoms with E-state index < -0.39 is 12.3 Å². The van der Waals surface area contributed by atoms with Crippen LogP contribution in [0.2, 0.25) is 0 Å². The van der Waals surface area contributed by atoms with Crippen molar-refractivity contribution < 1.29 is 23.4 Å². The highest BCUT2D eigenvalue weighted by molar-refractivity contribution is 5.09. The molecule has 0 aliphatic heterocycles. The lowest BCUT2D eigenvalue weighted by Crippen LogP contribution is -2.54. The molecule has 7 unspecified atom stereocenters. The SMILES string of the molecule is CC12CCC3C(CC[C@@H]4CC(O)CCC34C)C1CCC2C[C@@H](O)C(F)(F)F. The van der Waals surface area contributed by atoms with E-state index in [2.05, 4.69) is 13.8 Å². The molecule has 0 heterocycles. The van der Waals surface area contributed by atoms with Gasteiger partial charge in [0, 0.05) is 0 Å². The summed E-state index contributed by atoms with van der Waals surface area (Å²) >= 11 is 0. The predicted molar refractivity (Wildman–Crippen MR) is 97.9 cm³/mol. The first-order valence-corrected chi connectivity index (χ1v) is 11.0. The second-order valence-corrected chi connectivity index (χ2v) is 10.7. The topological polar surface area (TPSA) is 40.5 Å². The average Bonchev–Trinajstić information content (AvgIpc) is 2.91. The first-order valence-electron chi connectivity index (χ1n) is 11.0. The molecule has 4 saturated carbocycles. The number of fused-ring (bicyclic) bond motifs is 5. The molecule has 2 N–H and O–H groups in total. The number of hydrogen-bond donors (Lipinski definition) is 2. The fraction of sp³-hybridized carbons (Fsp3) is 1.00. The number of aliphatic hydroxyl groups excluding tert-OH is 2. The number of halogens is 3. The van der Waals surface area contributed by atoms with Crippen molar-refractivity contribution in [1.29, 1.82) is 0 Å². The standard InChI is InChI=1S/C22H35F3O2/c1-20-9-7-15(26)11-13(20)3-5-16-17-6-4-14(12-19(27)22(23,24)25)21(17,2)10-8-18(16)20/h13-19,26-27H,3-12H2,1-2H3/t13-,14?,15?,16?,17?,18?,19-,20?,21?/m1/s1. The van der Waals surface area contributed by atoms with Crippen LogP contribution in [0.25, 0.3) is 0 Å². The number of alkyl halides is 3.